The summed E-state index contributed by atoms with van der Waals surface area (Å²) in [5.41, 5.74) is -0.473. The van der Waals surface area contributed by atoms with Gasteiger partial charge in [0.2, 0.25) is 5.91 Å². The highest BCUT2D eigenvalue weighted by Crippen LogP contribution is 2.25. The first-order valence-corrected chi connectivity index (χ1v) is 8.06. The molecule has 5 nitrogen and oxygen atoms in total. The number of rotatable bonds is 1. The van der Waals surface area contributed by atoms with Crippen LogP contribution < -0.4 is 0 Å². The van der Waals surface area contributed by atoms with Gasteiger partial charge in [-0.15, -0.1) is 0 Å². The number of hydrogen-bond acceptors (Lipinski definition) is 3. The molecule has 2 aliphatic rings. The van der Waals surface area contributed by atoms with Crippen molar-refractivity contribution in [1.82, 2.24) is 9.80 Å². The first-order valence-electron chi connectivity index (χ1n) is 8.06. The van der Waals surface area contributed by atoms with Crippen LogP contribution in [0.5, 0.6) is 0 Å². The Labute approximate surface area is 127 Å². The molecule has 2 atom stereocenters. The van der Waals surface area contributed by atoms with Gasteiger partial charge in [0.1, 0.15) is 5.60 Å². The summed E-state index contributed by atoms with van der Waals surface area (Å²) in [7, 11) is 0. The van der Waals surface area contributed by atoms with E-state index in [1.54, 1.807) is 4.90 Å². The Morgan fingerprint density at radius 3 is 2.52 bits per heavy atom. The summed E-state index contributed by atoms with van der Waals surface area (Å²) in [5.74, 6) is 0.368. The van der Waals surface area contributed by atoms with Gasteiger partial charge in [-0.25, -0.2) is 4.79 Å². The molecule has 2 saturated heterocycles. The number of hydrogen-bond donors (Lipinski definition) is 0. The van der Waals surface area contributed by atoms with Crippen LogP contribution in [-0.2, 0) is 9.53 Å². The number of amides is 2. The maximum absolute atomic E-state index is 12.3. The Balaban J connectivity index is 1.97. The zero-order valence-electron chi connectivity index (χ0n) is 13.7. The van der Waals surface area contributed by atoms with Gasteiger partial charge in [-0.3, -0.25) is 4.79 Å². The van der Waals surface area contributed by atoms with Crippen molar-refractivity contribution in [3.05, 3.63) is 0 Å². The summed E-state index contributed by atoms with van der Waals surface area (Å²) in [5, 5.41) is 0. The van der Waals surface area contributed by atoms with Crippen molar-refractivity contribution in [2.45, 2.75) is 65.0 Å². The van der Waals surface area contributed by atoms with Gasteiger partial charge in [0, 0.05) is 31.6 Å². The third kappa shape index (κ3) is 4.11. The van der Waals surface area contributed by atoms with E-state index in [1.165, 1.54) is 0 Å². The first-order chi connectivity index (χ1) is 9.78. The van der Waals surface area contributed by atoms with Crippen molar-refractivity contribution < 1.29 is 14.3 Å². The van der Waals surface area contributed by atoms with Gasteiger partial charge in [0.05, 0.1) is 0 Å². The van der Waals surface area contributed by atoms with Crippen LogP contribution in [0.3, 0.4) is 0 Å². The van der Waals surface area contributed by atoms with Crippen LogP contribution in [0.25, 0.3) is 0 Å². The predicted octanol–water partition coefficient (Wildman–Crippen LogP) is 2.64. The van der Waals surface area contributed by atoms with Crippen LogP contribution in [-0.4, -0.2) is 53.1 Å². The van der Waals surface area contributed by atoms with Crippen LogP contribution in [0.2, 0.25) is 0 Å². The van der Waals surface area contributed by atoms with E-state index in [4.69, 9.17) is 4.74 Å². The minimum Gasteiger partial charge on any atom is -0.444 e. The van der Waals surface area contributed by atoms with E-state index in [0.29, 0.717) is 6.54 Å². The molecule has 2 unspecified atom stereocenters. The zero-order chi connectivity index (χ0) is 15.6. The Kier molecular flexibility index (Phi) is 4.79. The number of carbonyl (C=O) groups is 2. The minimum atomic E-state index is -0.473. The lowest BCUT2D eigenvalue weighted by atomic mass is 9.95. The SMILES string of the molecule is CC1CCCN(C2CCCN(C(=O)OC(C)(C)C)C2)C1=O. The highest BCUT2D eigenvalue weighted by atomic mass is 16.6. The lowest BCUT2D eigenvalue weighted by molar-refractivity contribution is -0.141. The second-order valence-electron chi connectivity index (χ2n) is 7.30. The molecule has 0 saturated carbocycles. The van der Waals surface area contributed by atoms with E-state index < -0.39 is 5.60 Å². The molecule has 0 radical (unpaired) electrons. The van der Waals surface area contributed by atoms with Gasteiger partial charge in [-0.05, 0) is 46.5 Å². The van der Waals surface area contributed by atoms with Gasteiger partial charge < -0.3 is 14.5 Å². The summed E-state index contributed by atoms with van der Waals surface area (Å²) in [4.78, 5) is 28.3. The third-order valence-corrected chi connectivity index (χ3v) is 4.23. The van der Waals surface area contributed by atoms with Crippen molar-refractivity contribution in [3.8, 4) is 0 Å². The lowest BCUT2D eigenvalue weighted by Gasteiger charge is -2.42. The lowest BCUT2D eigenvalue weighted by Crippen LogP contribution is -2.55. The summed E-state index contributed by atoms with van der Waals surface area (Å²) in [6.07, 6.45) is 3.71. The maximum atomic E-state index is 12.3. The fraction of sp³-hybridized carbons (Fsp3) is 0.875. The molecule has 0 aromatic carbocycles. The largest absolute Gasteiger partial charge is 0.444 e. The predicted molar refractivity (Wildman–Crippen MR) is 80.9 cm³/mol. The summed E-state index contributed by atoms with van der Waals surface area (Å²) < 4.78 is 5.44. The Hall–Kier alpha value is -1.26. The zero-order valence-corrected chi connectivity index (χ0v) is 13.7. The second-order valence-corrected chi connectivity index (χ2v) is 7.30. The molecule has 0 aliphatic carbocycles. The van der Waals surface area contributed by atoms with Gasteiger partial charge >= 0.3 is 6.09 Å². The molecule has 0 N–H and O–H groups in total. The summed E-state index contributed by atoms with van der Waals surface area (Å²) in [6.45, 7) is 9.79. The number of piperidine rings is 2. The van der Waals surface area contributed by atoms with E-state index in [-0.39, 0.29) is 24.0 Å². The van der Waals surface area contributed by atoms with Crippen LogP contribution in [0.4, 0.5) is 4.79 Å². The number of likely N-dealkylation sites (tertiary alicyclic amines) is 2. The van der Waals surface area contributed by atoms with E-state index in [0.717, 1.165) is 38.8 Å². The molecule has 2 fully saturated rings. The van der Waals surface area contributed by atoms with E-state index >= 15 is 0 Å². The molecule has 120 valence electrons. The van der Waals surface area contributed by atoms with E-state index in [1.807, 2.05) is 32.6 Å². The molecule has 2 amide bonds. The highest BCUT2D eigenvalue weighted by molar-refractivity contribution is 5.79. The molecule has 0 spiro atoms. The van der Waals surface area contributed by atoms with Gasteiger partial charge in [0.25, 0.3) is 0 Å². The van der Waals surface area contributed by atoms with Crippen molar-refractivity contribution in [2.75, 3.05) is 19.6 Å². The van der Waals surface area contributed by atoms with Crippen LogP contribution in [0.15, 0.2) is 0 Å². The molecule has 21 heavy (non-hydrogen) atoms. The highest BCUT2D eigenvalue weighted by Gasteiger charge is 2.35. The van der Waals surface area contributed by atoms with Crippen LogP contribution in [0.1, 0.15) is 53.4 Å². The van der Waals surface area contributed by atoms with Crippen molar-refractivity contribution >= 4 is 12.0 Å². The molecule has 2 aliphatic heterocycles. The maximum Gasteiger partial charge on any atom is 0.410 e. The summed E-state index contributed by atoms with van der Waals surface area (Å²) >= 11 is 0. The fourth-order valence-corrected chi connectivity index (χ4v) is 3.15. The van der Waals surface area contributed by atoms with Crippen molar-refractivity contribution in [2.24, 2.45) is 5.92 Å². The average Bonchev–Trinajstić information content (AvgIpc) is 2.40. The monoisotopic (exact) mass is 296 g/mol. The molecule has 0 aromatic heterocycles. The Morgan fingerprint density at radius 2 is 1.86 bits per heavy atom. The van der Waals surface area contributed by atoms with Crippen molar-refractivity contribution in [1.29, 1.82) is 0 Å². The second kappa shape index (κ2) is 6.24. The topological polar surface area (TPSA) is 49.9 Å². The smallest absolute Gasteiger partial charge is 0.410 e. The van der Waals surface area contributed by atoms with Gasteiger partial charge in [-0.2, -0.15) is 0 Å². The summed E-state index contributed by atoms with van der Waals surface area (Å²) in [6, 6.07) is 0.154. The molecule has 0 aromatic rings. The molecular formula is C16H28N2O3. The molecule has 5 heteroatoms. The average molecular weight is 296 g/mol. The van der Waals surface area contributed by atoms with Gasteiger partial charge in [0.15, 0.2) is 0 Å². The molecule has 0 bridgehead atoms. The van der Waals surface area contributed by atoms with Crippen LogP contribution in [0, 0.1) is 5.92 Å². The number of carbonyl (C=O) groups excluding carboxylic acids is 2. The third-order valence-electron chi connectivity index (χ3n) is 4.23. The molecular weight excluding hydrogens is 268 g/mol. The van der Waals surface area contributed by atoms with E-state index in [2.05, 4.69) is 0 Å². The Bertz CT molecular complexity index is 403. The van der Waals surface area contributed by atoms with Crippen LogP contribution >= 0.6 is 0 Å². The first kappa shape index (κ1) is 16.1. The molecule has 2 rings (SSSR count). The Morgan fingerprint density at radius 1 is 1.19 bits per heavy atom. The van der Waals surface area contributed by atoms with Crippen molar-refractivity contribution in [3.63, 3.8) is 0 Å². The standard InChI is InChI=1S/C16H28N2O3/c1-12-7-5-10-18(14(12)19)13-8-6-9-17(11-13)15(20)21-16(2,3)4/h12-13H,5-11H2,1-4H3. The van der Waals surface area contributed by atoms with Gasteiger partial charge in [-0.1, -0.05) is 6.92 Å². The van der Waals surface area contributed by atoms with E-state index in [9.17, 15) is 9.59 Å². The number of nitrogens with zero attached hydrogens (tertiary/aromatic N) is 2. The fourth-order valence-electron chi connectivity index (χ4n) is 3.15. The quantitative estimate of drug-likeness (QED) is 0.747. The number of ether oxygens (including phenoxy) is 1. The minimum absolute atomic E-state index is 0.121. The normalized spacial score (nSPS) is 27.7. The molecule has 2 heterocycles.